The minimum absolute atomic E-state index is 0. The molecule has 0 bridgehead atoms. The summed E-state index contributed by atoms with van der Waals surface area (Å²) >= 11 is 0. The molecule has 0 saturated heterocycles. The van der Waals surface area contributed by atoms with Gasteiger partial charge in [-0.25, -0.2) is 0 Å². The van der Waals surface area contributed by atoms with Crippen molar-refractivity contribution in [3.05, 3.63) is 71.3 Å². The lowest BCUT2D eigenvalue weighted by Crippen LogP contribution is -2.38. The van der Waals surface area contributed by atoms with Crippen LogP contribution in [-0.2, 0) is 24.4 Å². The minimum Gasteiger partial charge on any atom is -0.377 e. The van der Waals surface area contributed by atoms with Crippen molar-refractivity contribution in [2.24, 2.45) is 4.99 Å². The molecular weight excluding hydrogens is 425 g/mol. The number of ether oxygens (including phenoxy) is 1. The summed E-state index contributed by atoms with van der Waals surface area (Å²) in [5.74, 6) is 0.880. The lowest BCUT2D eigenvalue weighted by atomic mass is 10.1. The number of halogens is 1. The molecule has 5 heteroatoms. The normalized spacial score (nSPS) is 10.9. The van der Waals surface area contributed by atoms with Crippen LogP contribution >= 0.6 is 24.0 Å². The molecule has 0 radical (unpaired) electrons. The smallest absolute Gasteiger partial charge is 0.193 e. The minimum atomic E-state index is 0. The van der Waals surface area contributed by atoms with E-state index in [2.05, 4.69) is 64.7 Å². The molecule has 0 aliphatic rings. The Morgan fingerprint density at radius 2 is 1.68 bits per heavy atom. The molecule has 0 aliphatic heterocycles. The number of hydrogen-bond acceptors (Lipinski definition) is 2. The van der Waals surface area contributed by atoms with E-state index < -0.39 is 0 Å². The Morgan fingerprint density at radius 3 is 2.32 bits per heavy atom. The largest absolute Gasteiger partial charge is 0.377 e. The molecule has 0 saturated carbocycles. The molecule has 1 N–H and O–H groups in total. The molecule has 2 aromatic carbocycles. The summed E-state index contributed by atoms with van der Waals surface area (Å²) in [5, 5.41) is 3.44. The second kappa shape index (κ2) is 11.9. The van der Waals surface area contributed by atoms with E-state index >= 15 is 0 Å². The van der Waals surface area contributed by atoms with Gasteiger partial charge in [-0.15, -0.1) is 24.0 Å². The van der Waals surface area contributed by atoms with Crippen LogP contribution < -0.4 is 5.32 Å². The van der Waals surface area contributed by atoms with Gasteiger partial charge in [-0.1, -0.05) is 54.6 Å². The molecule has 25 heavy (non-hydrogen) atoms. The quantitative estimate of drug-likeness (QED) is 0.391. The van der Waals surface area contributed by atoms with Crippen LogP contribution in [0.2, 0.25) is 0 Å². The predicted molar refractivity (Wildman–Crippen MR) is 115 cm³/mol. The first-order valence-electron chi connectivity index (χ1n) is 8.34. The highest BCUT2D eigenvalue weighted by atomic mass is 127. The molecule has 0 amide bonds. The van der Waals surface area contributed by atoms with E-state index in [9.17, 15) is 0 Å². The number of benzene rings is 2. The number of rotatable bonds is 7. The summed E-state index contributed by atoms with van der Waals surface area (Å²) in [6, 6.07) is 18.8. The Balaban J connectivity index is 0.00000312. The molecule has 136 valence electrons. The molecule has 2 rings (SSSR count). The maximum atomic E-state index is 5.55. The molecule has 0 fully saturated rings. The third kappa shape index (κ3) is 7.04. The molecule has 0 aliphatic carbocycles. The van der Waals surface area contributed by atoms with Gasteiger partial charge in [0.05, 0.1) is 6.61 Å². The van der Waals surface area contributed by atoms with Crippen LogP contribution in [0.15, 0.2) is 59.6 Å². The Morgan fingerprint density at radius 1 is 1.04 bits per heavy atom. The van der Waals surface area contributed by atoms with Crippen LogP contribution in [-0.4, -0.2) is 31.6 Å². The first kappa shape index (κ1) is 21.4. The van der Waals surface area contributed by atoms with Crippen LogP contribution in [0.1, 0.15) is 23.6 Å². The van der Waals surface area contributed by atoms with Crippen LogP contribution in [0.25, 0.3) is 0 Å². The summed E-state index contributed by atoms with van der Waals surface area (Å²) in [7, 11) is 3.87. The molecule has 0 aromatic heterocycles. The lowest BCUT2D eigenvalue weighted by molar-refractivity contribution is 0.133. The number of hydrogen-bond donors (Lipinski definition) is 1. The highest BCUT2D eigenvalue weighted by Gasteiger charge is 2.08. The summed E-state index contributed by atoms with van der Waals surface area (Å²) in [6.45, 7) is 4.94. The predicted octanol–water partition coefficient (Wildman–Crippen LogP) is 4.05. The fourth-order valence-electron chi connectivity index (χ4n) is 2.57. The molecular formula is C20H28IN3O. The van der Waals surface area contributed by atoms with Gasteiger partial charge < -0.3 is 15.0 Å². The zero-order chi connectivity index (χ0) is 17.2. The van der Waals surface area contributed by atoms with Gasteiger partial charge in [0.1, 0.15) is 0 Å². The lowest BCUT2D eigenvalue weighted by Gasteiger charge is -2.22. The van der Waals surface area contributed by atoms with Crippen molar-refractivity contribution in [2.75, 3.05) is 20.7 Å². The highest BCUT2D eigenvalue weighted by molar-refractivity contribution is 14.0. The Hall–Kier alpha value is -1.60. The molecule has 0 heterocycles. The molecule has 0 spiro atoms. The van der Waals surface area contributed by atoms with E-state index in [1.54, 1.807) is 0 Å². The van der Waals surface area contributed by atoms with Crippen molar-refractivity contribution in [1.82, 2.24) is 10.2 Å². The SMILES string of the molecule is CCOCc1ccccc1CNC(=NC)N(C)Cc1ccccc1.I. The van der Waals surface area contributed by atoms with Gasteiger partial charge in [-0.2, -0.15) is 0 Å². The Bertz CT molecular complexity index is 646. The number of aliphatic imine (C=N–C) groups is 1. The van der Waals surface area contributed by atoms with Crippen molar-refractivity contribution in [3.8, 4) is 0 Å². The molecule has 2 aromatic rings. The summed E-state index contributed by atoms with van der Waals surface area (Å²) in [6.07, 6.45) is 0. The van der Waals surface area contributed by atoms with E-state index in [1.165, 1.54) is 16.7 Å². The maximum Gasteiger partial charge on any atom is 0.193 e. The maximum absolute atomic E-state index is 5.55. The summed E-state index contributed by atoms with van der Waals surface area (Å²) in [4.78, 5) is 6.52. The van der Waals surface area contributed by atoms with Crippen molar-refractivity contribution in [2.45, 2.75) is 26.6 Å². The monoisotopic (exact) mass is 453 g/mol. The van der Waals surface area contributed by atoms with Crippen LogP contribution in [0.4, 0.5) is 0 Å². The number of guanidine groups is 1. The average Bonchev–Trinajstić information content (AvgIpc) is 2.62. The highest BCUT2D eigenvalue weighted by Crippen LogP contribution is 2.10. The van der Waals surface area contributed by atoms with Crippen molar-refractivity contribution >= 4 is 29.9 Å². The third-order valence-electron chi connectivity index (χ3n) is 3.85. The van der Waals surface area contributed by atoms with Gasteiger partial charge in [0.2, 0.25) is 0 Å². The Kier molecular flexibility index (Phi) is 10.2. The molecule has 0 unspecified atom stereocenters. The second-order valence-electron chi connectivity index (χ2n) is 5.65. The fourth-order valence-corrected chi connectivity index (χ4v) is 2.57. The van der Waals surface area contributed by atoms with E-state index in [1.807, 2.05) is 26.1 Å². The first-order valence-corrected chi connectivity index (χ1v) is 8.34. The van der Waals surface area contributed by atoms with Gasteiger partial charge >= 0.3 is 0 Å². The van der Waals surface area contributed by atoms with Gasteiger partial charge in [0, 0.05) is 33.8 Å². The van der Waals surface area contributed by atoms with E-state index in [0.717, 1.165) is 25.7 Å². The standard InChI is InChI=1S/C20H27N3O.HI/c1-4-24-16-19-13-9-8-12-18(19)14-22-20(21-2)23(3)15-17-10-6-5-7-11-17;/h5-13H,4,14-16H2,1-3H3,(H,21,22);1H. The topological polar surface area (TPSA) is 36.9 Å². The van der Waals surface area contributed by atoms with E-state index in [4.69, 9.17) is 4.74 Å². The fraction of sp³-hybridized carbons (Fsp3) is 0.350. The number of nitrogens with one attached hydrogen (secondary N) is 1. The van der Waals surface area contributed by atoms with E-state index in [-0.39, 0.29) is 24.0 Å². The van der Waals surface area contributed by atoms with Gasteiger partial charge in [-0.05, 0) is 23.6 Å². The molecule has 0 atom stereocenters. The zero-order valence-corrected chi connectivity index (χ0v) is 17.6. The first-order chi connectivity index (χ1) is 11.7. The van der Waals surface area contributed by atoms with Crippen LogP contribution in [0, 0.1) is 0 Å². The molecule has 4 nitrogen and oxygen atoms in total. The zero-order valence-electron chi connectivity index (χ0n) is 15.2. The van der Waals surface area contributed by atoms with Crippen LogP contribution in [0.5, 0.6) is 0 Å². The van der Waals surface area contributed by atoms with Crippen molar-refractivity contribution in [3.63, 3.8) is 0 Å². The van der Waals surface area contributed by atoms with E-state index in [0.29, 0.717) is 6.61 Å². The third-order valence-corrected chi connectivity index (χ3v) is 3.85. The van der Waals surface area contributed by atoms with Crippen LogP contribution in [0.3, 0.4) is 0 Å². The summed E-state index contributed by atoms with van der Waals surface area (Å²) < 4.78 is 5.55. The van der Waals surface area contributed by atoms with Gasteiger partial charge in [0.15, 0.2) is 5.96 Å². The van der Waals surface area contributed by atoms with Gasteiger partial charge in [-0.3, -0.25) is 4.99 Å². The Labute approximate surface area is 168 Å². The second-order valence-corrected chi connectivity index (χ2v) is 5.65. The van der Waals surface area contributed by atoms with Crippen molar-refractivity contribution in [1.29, 1.82) is 0 Å². The number of nitrogens with zero attached hydrogens (tertiary/aromatic N) is 2. The van der Waals surface area contributed by atoms with Gasteiger partial charge in [0.25, 0.3) is 0 Å². The summed E-state index contributed by atoms with van der Waals surface area (Å²) in [5.41, 5.74) is 3.72. The van der Waals surface area contributed by atoms with Crippen molar-refractivity contribution < 1.29 is 4.74 Å². The average molecular weight is 453 g/mol.